The Hall–Kier alpha value is -3.73. The number of phenols is 1. The van der Waals surface area contributed by atoms with Crippen molar-refractivity contribution in [2.75, 3.05) is 5.75 Å². The van der Waals surface area contributed by atoms with E-state index in [1.165, 1.54) is 17.0 Å². The molecule has 0 bridgehead atoms. The van der Waals surface area contributed by atoms with Gasteiger partial charge < -0.3 is 30.1 Å². The molecule has 0 aromatic heterocycles. The first-order chi connectivity index (χ1) is 20.5. The molecule has 2 aromatic carbocycles. The van der Waals surface area contributed by atoms with Gasteiger partial charge in [0.1, 0.15) is 35.1 Å². The Labute approximate surface area is 265 Å². The van der Waals surface area contributed by atoms with Gasteiger partial charge in [0.25, 0.3) is 0 Å². The van der Waals surface area contributed by atoms with Crippen LogP contribution in [0.25, 0.3) is 0 Å². The number of nitrogens with zero attached hydrogens (tertiary/aromatic N) is 1. The molecular formula is C33H45N3O7S. The van der Waals surface area contributed by atoms with Crippen molar-refractivity contribution in [2.24, 2.45) is 5.92 Å². The number of aromatic hydroxyl groups is 1. The summed E-state index contributed by atoms with van der Waals surface area (Å²) in [5.74, 6) is -1.88. The number of benzene rings is 2. The summed E-state index contributed by atoms with van der Waals surface area (Å²) in [5, 5.41) is 15.8. The minimum Gasteiger partial charge on any atom is -0.508 e. The highest BCUT2D eigenvalue weighted by molar-refractivity contribution is 7.80. The molecule has 1 fully saturated rings. The quantitative estimate of drug-likeness (QED) is 0.212. The van der Waals surface area contributed by atoms with E-state index in [-0.39, 0.29) is 29.9 Å². The largest absolute Gasteiger partial charge is 0.508 e. The van der Waals surface area contributed by atoms with Crippen LogP contribution in [-0.4, -0.2) is 69.0 Å². The number of alkyl carbamates (subject to hydrolysis) is 1. The lowest BCUT2D eigenvalue weighted by atomic mass is 10.00. The molecule has 10 nitrogen and oxygen atoms in total. The van der Waals surface area contributed by atoms with E-state index in [4.69, 9.17) is 9.47 Å². The third-order valence-electron chi connectivity index (χ3n) is 6.85. The second-order valence-corrected chi connectivity index (χ2v) is 13.6. The average molecular weight is 628 g/mol. The highest BCUT2D eigenvalue weighted by Gasteiger charge is 2.48. The fraction of sp³-hybridized carbons (Fsp3) is 0.515. The van der Waals surface area contributed by atoms with E-state index in [2.05, 4.69) is 23.3 Å². The van der Waals surface area contributed by atoms with Gasteiger partial charge in [-0.2, -0.15) is 12.6 Å². The van der Waals surface area contributed by atoms with Crippen molar-refractivity contribution >= 4 is 36.5 Å². The Bertz CT molecular complexity index is 1320. The van der Waals surface area contributed by atoms with E-state index < -0.39 is 53.2 Å². The number of carbonyl (C=O) groups excluding carboxylic acids is 4. The molecule has 3 N–H and O–H groups in total. The van der Waals surface area contributed by atoms with Gasteiger partial charge in [0.05, 0.1) is 0 Å². The van der Waals surface area contributed by atoms with E-state index in [1.54, 1.807) is 53.7 Å². The summed E-state index contributed by atoms with van der Waals surface area (Å²) >= 11 is 4.33. The summed E-state index contributed by atoms with van der Waals surface area (Å²) in [4.78, 5) is 55.9. The number of carbonyl (C=O) groups is 4. The number of ether oxygens (including phenoxy) is 2. The number of rotatable bonds is 11. The maximum atomic E-state index is 14.3. The number of hydrogen-bond donors (Lipinski definition) is 4. The second-order valence-electron chi connectivity index (χ2n) is 13.2. The van der Waals surface area contributed by atoms with E-state index in [1.807, 2.05) is 37.3 Å². The molecule has 0 aliphatic heterocycles. The minimum atomic E-state index is -1.24. The van der Waals surface area contributed by atoms with Crippen molar-refractivity contribution < 1.29 is 33.8 Å². The highest BCUT2D eigenvalue weighted by Crippen LogP contribution is 2.41. The monoisotopic (exact) mass is 627 g/mol. The Morgan fingerprint density at radius 1 is 0.932 bits per heavy atom. The molecule has 0 heterocycles. The molecule has 1 aliphatic carbocycles. The normalized spacial score (nSPS) is 18.3. The van der Waals surface area contributed by atoms with Crippen molar-refractivity contribution in [3.05, 3.63) is 65.7 Å². The zero-order chi connectivity index (χ0) is 32.8. The Kier molecular flexibility index (Phi) is 11.3. The average Bonchev–Trinajstić information content (AvgIpc) is 3.63. The molecule has 240 valence electrons. The van der Waals surface area contributed by atoms with Gasteiger partial charge in [-0.3, -0.25) is 9.59 Å². The van der Waals surface area contributed by atoms with Crippen molar-refractivity contribution in [3.63, 3.8) is 0 Å². The predicted octanol–water partition coefficient (Wildman–Crippen LogP) is 4.56. The van der Waals surface area contributed by atoms with Crippen molar-refractivity contribution in [1.82, 2.24) is 15.5 Å². The van der Waals surface area contributed by atoms with Gasteiger partial charge in [-0.05, 0) is 77.1 Å². The van der Waals surface area contributed by atoms with Gasteiger partial charge in [0, 0.05) is 18.2 Å². The molecule has 0 saturated heterocycles. The topological polar surface area (TPSA) is 134 Å². The van der Waals surface area contributed by atoms with Crippen LogP contribution in [-0.2, 0) is 30.3 Å². The molecule has 5 unspecified atom stereocenters. The first-order valence-electron chi connectivity index (χ1n) is 14.8. The van der Waals surface area contributed by atoms with Crippen molar-refractivity contribution in [3.8, 4) is 5.75 Å². The maximum Gasteiger partial charge on any atom is 0.408 e. The number of nitrogens with one attached hydrogen (secondary N) is 2. The van der Waals surface area contributed by atoms with Crippen LogP contribution < -0.4 is 10.6 Å². The smallest absolute Gasteiger partial charge is 0.408 e. The van der Waals surface area contributed by atoms with Gasteiger partial charge >= 0.3 is 12.1 Å². The van der Waals surface area contributed by atoms with Crippen LogP contribution in [0.4, 0.5) is 4.79 Å². The number of phenolic OH excluding ortho intramolecular Hbond substituents is 1. The minimum absolute atomic E-state index is 0.0569. The molecule has 5 atom stereocenters. The van der Waals surface area contributed by atoms with E-state index in [0.717, 1.165) is 5.56 Å². The first-order valence-corrected chi connectivity index (χ1v) is 15.4. The third kappa shape index (κ3) is 10.2. The standard InChI is InChI=1S/C33H45N3O7S/c1-20-16-26(20)36(29(39)25(19-44)35-31(41)43-33(5,6)7)27(22-14-11-15-23(37)18-22)28(38)34-24(30(40)42-32(2,3)4)17-21-12-9-8-10-13-21/h8-15,18,20,24-27,37,44H,16-17,19H2,1-7H3,(H,34,38)(H,35,41). The van der Waals surface area contributed by atoms with Crippen LogP contribution in [0.2, 0.25) is 0 Å². The fourth-order valence-corrected chi connectivity index (χ4v) is 5.03. The lowest BCUT2D eigenvalue weighted by Crippen LogP contribution is -2.56. The summed E-state index contributed by atoms with van der Waals surface area (Å²) in [6.07, 6.45) is -0.0129. The summed E-state index contributed by atoms with van der Waals surface area (Å²) in [5.41, 5.74) is -0.455. The van der Waals surface area contributed by atoms with Crippen molar-refractivity contribution in [2.45, 2.75) is 96.7 Å². The van der Waals surface area contributed by atoms with E-state index in [9.17, 15) is 24.3 Å². The summed E-state index contributed by atoms with van der Waals surface area (Å²) in [6, 6.07) is 11.5. The zero-order valence-corrected chi connectivity index (χ0v) is 27.4. The van der Waals surface area contributed by atoms with Gasteiger partial charge in [-0.25, -0.2) is 9.59 Å². The van der Waals surface area contributed by atoms with Gasteiger partial charge in [-0.15, -0.1) is 0 Å². The summed E-state index contributed by atoms with van der Waals surface area (Å²) < 4.78 is 11.0. The molecule has 1 saturated carbocycles. The van der Waals surface area contributed by atoms with Crippen LogP contribution in [0.15, 0.2) is 54.6 Å². The van der Waals surface area contributed by atoms with Gasteiger partial charge in [0.15, 0.2) is 0 Å². The van der Waals surface area contributed by atoms with Gasteiger partial charge in [0.2, 0.25) is 11.8 Å². The lowest BCUT2D eigenvalue weighted by Gasteiger charge is -2.35. The van der Waals surface area contributed by atoms with Crippen LogP contribution >= 0.6 is 12.6 Å². The third-order valence-corrected chi connectivity index (χ3v) is 7.22. The predicted molar refractivity (Wildman–Crippen MR) is 170 cm³/mol. The first kappa shape index (κ1) is 34.8. The Morgan fingerprint density at radius 3 is 2.07 bits per heavy atom. The molecule has 3 rings (SSSR count). The molecule has 1 aliphatic rings. The highest BCUT2D eigenvalue weighted by atomic mass is 32.1. The van der Waals surface area contributed by atoms with E-state index >= 15 is 0 Å². The van der Waals surface area contributed by atoms with Crippen molar-refractivity contribution in [1.29, 1.82) is 0 Å². The van der Waals surface area contributed by atoms with Crippen LogP contribution in [0.3, 0.4) is 0 Å². The Morgan fingerprint density at radius 2 is 1.55 bits per heavy atom. The molecule has 3 amide bonds. The molecule has 2 aromatic rings. The maximum absolute atomic E-state index is 14.3. The number of amides is 3. The summed E-state index contributed by atoms with van der Waals surface area (Å²) in [7, 11) is 0. The molecule has 11 heteroatoms. The zero-order valence-electron chi connectivity index (χ0n) is 26.5. The Balaban J connectivity index is 2.02. The van der Waals surface area contributed by atoms with E-state index in [0.29, 0.717) is 12.0 Å². The molecule has 44 heavy (non-hydrogen) atoms. The molecular weight excluding hydrogens is 582 g/mol. The number of thiol groups is 1. The number of hydrogen-bond acceptors (Lipinski definition) is 8. The fourth-order valence-electron chi connectivity index (χ4n) is 4.79. The van der Waals surface area contributed by atoms with Gasteiger partial charge in [-0.1, -0.05) is 49.4 Å². The number of esters is 1. The SMILES string of the molecule is CC1CC1N(C(=O)C(CS)NC(=O)OC(C)(C)C)C(C(=O)NC(Cc1ccccc1)C(=O)OC(C)(C)C)c1cccc(O)c1. The molecule has 0 spiro atoms. The summed E-state index contributed by atoms with van der Waals surface area (Å²) in [6.45, 7) is 12.3. The van der Waals surface area contributed by atoms with Crippen LogP contribution in [0.5, 0.6) is 5.75 Å². The van der Waals surface area contributed by atoms with Crippen LogP contribution in [0.1, 0.15) is 72.1 Å². The second kappa shape index (κ2) is 14.4. The van der Waals surface area contributed by atoms with Crippen LogP contribution in [0, 0.1) is 5.92 Å². The molecule has 0 radical (unpaired) electrons. The lowest BCUT2D eigenvalue weighted by molar-refractivity contribution is -0.159.